The molecule has 1 heterocycles. The first-order valence-corrected chi connectivity index (χ1v) is 9.28. The van der Waals surface area contributed by atoms with Crippen LogP contribution in [0.15, 0.2) is 65.1 Å². The lowest BCUT2D eigenvalue weighted by atomic mass is 10.0. The number of ether oxygens (including phenoxy) is 1. The fourth-order valence-corrected chi connectivity index (χ4v) is 3.79. The van der Waals surface area contributed by atoms with E-state index in [0.29, 0.717) is 13.1 Å². The Bertz CT molecular complexity index is 956. The predicted molar refractivity (Wildman–Crippen MR) is 106 cm³/mol. The number of benzene rings is 3. The van der Waals surface area contributed by atoms with Gasteiger partial charge in [-0.15, -0.1) is 0 Å². The normalized spacial score (nSPS) is 17.5. The lowest BCUT2D eigenvalue weighted by Crippen LogP contribution is -2.28. The maximum Gasteiger partial charge on any atom is 0.235 e. The Labute approximate surface area is 160 Å². The molecule has 1 fully saturated rings. The molecule has 1 aliphatic rings. The molecule has 3 aromatic carbocycles. The molecule has 0 spiro atoms. The first-order chi connectivity index (χ1) is 12.7. The van der Waals surface area contributed by atoms with E-state index in [4.69, 9.17) is 4.74 Å². The first kappa shape index (κ1) is 17.1. The minimum atomic E-state index is -0.216. The van der Waals surface area contributed by atoms with Gasteiger partial charge in [0.25, 0.3) is 0 Å². The van der Waals surface area contributed by atoms with Crippen LogP contribution in [0, 0.1) is 0 Å². The van der Waals surface area contributed by atoms with Gasteiger partial charge in [-0.2, -0.15) is 0 Å². The molecule has 0 bridgehead atoms. The largest absolute Gasteiger partial charge is 0.496 e. The van der Waals surface area contributed by atoms with Crippen LogP contribution in [0.3, 0.4) is 0 Å². The van der Waals surface area contributed by atoms with Crippen molar-refractivity contribution >= 4 is 32.6 Å². The van der Waals surface area contributed by atoms with Gasteiger partial charge in [-0.3, -0.25) is 9.69 Å². The number of nitrogens with zero attached hydrogens (tertiary/aromatic N) is 1. The predicted octanol–water partition coefficient (Wildman–Crippen LogP) is 4.24. The molecule has 1 atom stereocenters. The number of carbonyl (C=O) groups is 1. The van der Waals surface area contributed by atoms with Crippen LogP contribution in [0.4, 0.5) is 0 Å². The highest BCUT2D eigenvalue weighted by Crippen LogP contribution is 2.37. The maximum absolute atomic E-state index is 12.2. The zero-order valence-corrected chi connectivity index (χ0v) is 16.0. The van der Waals surface area contributed by atoms with E-state index in [1.165, 1.54) is 0 Å². The number of amides is 1. The summed E-state index contributed by atoms with van der Waals surface area (Å²) in [4.78, 5) is 14.4. The van der Waals surface area contributed by atoms with Gasteiger partial charge in [0.2, 0.25) is 5.91 Å². The third-order valence-corrected chi connectivity index (χ3v) is 5.26. The van der Waals surface area contributed by atoms with E-state index >= 15 is 0 Å². The van der Waals surface area contributed by atoms with Gasteiger partial charge in [-0.25, -0.2) is 0 Å². The summed E-state index contributed by atoms with van der Waals surface area (Å²) in [6.45, 7) is 1.05. The molecule has 5 heteroatoms. The summed E-state index contributed by atoms with van der Waals surface area (Å²) >= 11 is 3.47. The average molecular weight is 411 g/mol. The zero-order valence-electron chi connectivity index (χ0n) is 14.4. The molecule has 0 radical (unpaired) electrons. The van der Waals surface area contributed by atoms with Crippen molar-refractivity contribution in [3.05, 3.63) is 76.3 Å². The first-order valence-electron chi connectivity index (χ1n) is 8.49. The molecule has 3 aromatic rings. The van der Waals surface area contributed by atoms with Crippen molar-refractivity contribution in [2.75, 3.05) is 13.7 Å². The van der Waals surface area contributed by atoms with E-state index in [1.807, 2.05) is 36.4 Å². The molecule has 132 valence electrons. The third-order valence-electron chi connectivity index (χ3n) is 4.73. The highest BCUT2D eigenvalue weighted by atomic mass is 79.9. The Balaban J connectivity index is 1.76. The summed E-state index contributed by atoms with van der Waals surface area (Å²) in [7, 11) is 1.67. The van der Waals surface area contributed by atoms with E-state index in [-0.39, 0.29) is 12.1 Å². The van der Waals surface area contributed by atoms with Crippen molar-refractivity contribution in [3.63, 3.8) is 0 Å². The maximum atomic E-state index is 12.2. The van der Waals surface area contributed by atoms with Crippen LogP contribution in [0.5, 0.6) is 5.75 Å². The lowest BCUT2D eigenvalue weighted by Gasteiger charge is -2.26. The van der Waals surface area contributed by atoms with E-state index in [1.54, 1.807) is 7.11 Å². The van der Waals surface area contributed by atoms with Crippen LogP contribution in [0.1, 0.15) is 17.3 Å². The Morgan fingerprint density at radius 3 is 2.65 bits per heavy atom. The molecule has 1 aliphatic heterocycles. The van der Waals surface area contributed by atoms with Crippen molar-refractivity contribution < 1.29 is 9.53 Å². The van der Waals surface area contributed by atoms with Gasteiger partial charge in [0, 0.05) is 16.6 Å². The molecular weight excluding hydrogens is 392 g/mol. The van der Waals surface area contributed by atoms with E-state index in [9.17, 15) is 4.79 Å². The SMILES string of the molecule is COc1ccc2ccccc2c1[C@H]1NC(=O)CN1Cc1ccc(Br)cc1. The van der Waals surface area contributed by atoms with Crippen molar-refractivity contribution in [2.45, 2.75) is 12.7 Å². The van der Waals surface area contributed by atoms with Crippen LogP contribution >= 0.6 is 15.9 Å². The molecule has 1 N–H and O–H groups in total. The van der Waals surface area contributed by atoms with Gasteiger partial charge in [-0.05, 0) is 34.5 Å². The monoisotopic (exact) mass is 410 g/mol. The third kappa shape index (κ3) is 3.20. The summed E-state index contributed by atoms with van der Waals surface area (Å²) in [6, 6.07) is 20.4. The fourth-order valence-electron chi connectivity index (χ4n) is 3.53. The number of hydrogen-bond donors (Lipinski definition) is 1. The molecule has 0 aliphatic carbocycles. The molecule has 4 rings (SSSR count). The van der Waals surface area contributed by atoms with Crippen LogP contribution in [0.25, 0.3) is 10.8 Å². The summed E-state index contributed by atoms with van der Waals surface area (Å²) in [5.74, 6) is 0.818. The van der Waals surface area contributed by atoms with Gasteiger partial charge in [0.15, 0.2) is 0 Å². The number of halogens is 1. The topological polar surface area (TPSA) is 41.6 Å². The molecule has 0 saturated carbocycles. The van der Waals surface area contributed by atoms with Crippen LogP contribution < -0.4 is 10.1 Å². The molecule has 1 saturated heterocycles. The molecule has 0 unspecified atom stereocenters. The Hall–Kier alpha value is -2.37. The Kier molecular flexibility index (Phi) is 4.66. The minimum absolute atomic E-state index is 0.0297. The average Bonchev–Trinajstić information content (AvgIpc) is 3.02. The standard InChI is InChI=1S/C21H19BrN2O2/c1-26-18-11-8-15-4-2-3-5-17(15)20(18)21-23-19(25)13-24(21)12-14-6-9-16(22)10-7-14/h2-11,21H,12-13H2,1H3,(H,23,25)/t21-/m0/s1. The zero-order chi connectivity index (χ0) is 18.1. The van der Waals surface area contributed by atoms with Gasteiger partial charge in [0.05, 0.1) is 13.7 Å². The van der Waals surface area contributed by atoms with Crippen molar-refractivity contribution in [3.8, 4) is 5.75 Å². The molecule has 0 aromatic heterocycles. The minimum Gasteiger partial charge on any atom is -0.496 e. The summed E-state index contributed by atoms with van der Waals surface area (Å²) in [6.07, 6.45) is -0.216. The molecule has 1 amide bonds. The molecular formula is C21H19BrN2O2. The van der Waals surface area contributed by atoms with Crippen LogP contribution in [-0.4, -0.2) is 24.5 Å². The Morgan fingerprint density at radius 2 is 1.88 bits per heavy atom. The summed E-state index contributed by atoms with van der Waals surface area (Å²) in [5, 5.41) is 5.35. The highest BCUT2D eigenvalue weighted by molar-refractivity contribution is 9.10. The number of hydrogen-bond acceptors (Lipinski definition) is 3. The quantitative estimate of drug-likeness (QED) is 0.698. The van der Waals surface area contributed by atoms with Crippen molar-refractivity contribution in [2.24, 2.45) is 0 Å². The fraction of sp³-hybridized carbons (Fsp3) is 0.190. The van der Waals surface area contributed by atoms with E-state index in [0.717, 1.165) is 32.1 Å². The Morgan fingerprint density at radius 1 is 1.12 bits per heavy atom. The van der Waals surface area contributed by atoms with Gasteiger partial charge >= 0.3 is 0 Å². The number of methoxy groups -OCH3 is 1. The van der Waals surface area contributed by atoms with Gasteiger partial charge in [-0.1, -0.05) is 58.4 Å². The van der Waals surface area contributed by atoms with E-state index in [2.05, 4.69) is 50.4 Å². The second-order valence-electron chi connectivity index (χ2n) is 6.40. The second-order valence-corrected chi connectivity index (χ2v) is 7.32. The summed E-state index contributed by atoms with van der Waals surface area (Å²) in [5.41, 5.74) is 2.17. The van der Waals surface area contributed by atoms with Crippen molar-refractivity contribution in [1.29, 1.82) is 0 Å². The number of nitrogens with one attached hydrogen (secondary N) is 1. The van der Waals surface area contributed by atoms with Crippen molar-refractivity contribution in [1.82, 2.24) is 10.2 Å². The lowest BCUT2D eigenvalue weighted by molar-refractivity contribution is -0.118. The molecule has 4 nitrogen and oxygen atoms in total. The molecule has 26 heavy (non-hydrogen) atoms. The van der Waals surface area contributed by atoms with Crippen LogP contribution in [-0.2, 0) is 11.3 Å². The number of rotatable bonds is 4. The number of fused-ring (bicyclic) bond motifs is 1. The smallest absolute Gasteiger partial charge is 0.235 e. The highest BCUT2D eigenvalue weighted by Gasteiger charge is 2.33. The summed E-state index contributed by atoms with van der Waals surface area (Å²) < 4.78 is 6.68. The second kappa shape index (κ2) is 7.09. The van der Waals surface area contributed by atoms with Gasteiger partial charge < -0.3 is 10.1 Å². The number of carbonyl (C=O) groups excluding carboxylic acids is 1. The van der Waals surface area contributed by atoms with E-state index < -0.39 is 0 Å². The van der Waals surface area contributed by atoms with Crippen LogP contribution in [0.2, 0.25) is 0 Å². The van der Waals surface area contributed by atoms with Gasteiger partial charge in [0.1, 0.15) is 11.9 Å².